The highest BCUT2D eigenvalue weighted by Gasteiger charge is 2.24. The van der Waals surface area contributed by atoms with E-state index in [0.717, 1.165) is 0 Å². The Morgan fingerprint density at radius 3 is 2.53 bits per heavy atom. The highest BCUT2D eigenvalue weighted by atomic mass is 32.2. The fourth-order valence-corrected chi connectivity index (χ4v) is 2.48. The van der Waals surface area contributed by atoms with Crippen molar-refractivity contribution in [3.05, 3.63) is 5.76 Å². The summed E-state index contributed by atoms with van der Waals surface area (Å²) in [6.45, 7) is 5.68. The van der Waals surface area contributed by atoms with Gasteiger partial charge in [-0.3, -0.25) is 0 Å². The molecule has 6 nitrogen and oxygen atoms in total. The number of aryl methyl sites for hydroxylation is 1. The van der Waals surface area contributed by atoms with E-state index in [2.05, 4.69) is 9.88 Å². The zero-order chi connectivity index (χ0) is 11.6. The van der Waals surface area contributed by atoms with Crippen molar-refractivity contribution in [1.29, 1.82) is 0 Å². The molecule has 0 radical (unpaired) electrons. The summed E-state index contributed by atoms with van der Waals surface area (Å²) in [6.07, 6.45) is 0. The van der Waals surface area contributed by atoms with Crippen LogP contribution < -0.4 is 10.5 Å². The lowest BCUT2D eigenvalue weighted by atomic mass is 10.2. The van der Waals surface area contributed by atoms with Gasteiger partial charge in [-0.05, 0) is 12.8 Å². The number of nitrogens with zero attached hydrogens (tertiary/aromatic N) is 1. The van der Waals surface area contributed by atoms with Crippen molar-refractivity contribution in [2.45, 2.75) is 25.7 Å². The van der Waals surface area contributed by atoms with Crippen LogP contribution in [-0.2, 0) is 10.0 Å². The minimum atomic E-state index is -3.60. The van der Waals surface area contributed by atoms with Gasteiger partial charge in [0.05, 0.1) is 0 Å². The maximum Gasteiger partial charge on any atom is 0.247 e. The Bertz CT molecular complexity index is 416. The van der Waals surface area contributed by atoms with Gasteiger partial charge < -0.3 is 10.3 Å². The number of hydrogen-bond acceptors (Lipinski definition) is 5. The smallest absolute Gasteiger partial charge is 0.247 e. The van der Waals surface area contributed by atoms with Gasteiger partial charge in [-0.2, -0.15) is 0 Å². The van der Waals surface area contributed by atoms with Gasteiger partial charge in [0.25, 0.3) is 0 Å². The van der Waals surface area contributed by atoms with Crippen molar-refractivity contribution in [3.63, 3.8) is 0 Å². The summed E-state index contributed by atoms with van der Waals surface area (Å²) in [5, 5.41) is 3.39. The molecule has 0 amide bonds. The first-order chi connectivity index (χ1) is 6.84. The van der Waals surface area contributed by atoms with Crippen LogP contribution in [0.5, 0.6) is 0 Å². The molecule has 15 heavy (non-hydrogen) atoms. The minimum Gasteiger partial charge on any atom is -0.380 e. The third kappa shape index (κ3) is 2.69. The van der Waals surface area contributed by atoms with Crippen LogP contribution in [-0.4, -0.2) is 20.1 Å². The van der Waals surface area contributed by atoms with E-state index in [0.29, 0.717) is 6.54 Å². The Labute approximate surface area is 88.9 Å². The zero-order valence-electron chi connectivity index (χ0n) is 8.94. The van der Waals surface area contributed by atoms with Crippen molar-refractivity contribution >= 4 is 15.8 Å². The molecule has 0 atom stereocenters. The van der Waals surface area contributed by atoms with E-state index in [1.807, 2.05) is 13.8 Å². The molecule has 1 aromatic heterocycles. The predicted octanol–water partition coefficient (Wildman–Crippen LogP) is 0.500. The van der Waals surface area contributed by atoms with E-state index in [4.69, 9.17) is 10.3 Å². The quantitative estimate of drug-likeness (QED) is 0.789. The lowest BCUT2D eigenvalue weighted by Gasteiger charge is -2.07. The van der Waals surface area contributed by atoms with Crippen molar-refractivity contribution in [2.24, 2.45) is 5.92 Å². The van der Waals surface area contributed by atoms with Crippen LogP contribution in [0.25, 0.3) is 0 Å². The summed E-state index contributed by atoms with van der Waals surface area (Å²) in [4.78, 5) is -0.0665. The standard InChI is InChI=1S/C8H15N3O3S/c1-5(2)4-10-15(12,13)7-6(3)14-11-8(7)9/h5,10H,4H2,1-3H3,(H2,9,11). The third-order valence-corrected chi connectivity index (χ3v) is 3.36. The van der Waals surface area contributed by atoms with E-state index >= 15 is 0 Å². The van der Waals surface area contributed by atoms with Crippen molar-refractivity contribution in [2.75, 3.05) is 12.3 Å². The van der Waals surface area contributed by atoms with E-state index in [1.54, 1.807) is 0 Å². The van der Waals surface area contributed by atoms with Crippen LogP contribution in [0.1, 0.15) is 19.6 Å². The SMILES string of the molecule is Cc1onc(N)c1S(=O)(=O)NCC(C)C. The van der Waals surface area contributed by atoms with Crippen LogP contribution >= 0.6 is 0 Å². The second-order valence-electron chi connectivity index (χ2n) is 3.70. The number of rotatable bonds is 4. The Kier molecular flexibility index (Phi) is 3.35. The maximum atomic E-state index is 11.7. The van der Waals surface area contributed by atoms with Crippen LogP contribution in [0.15, 0.2) is 9.42 Å². The Morgan fingerprint density at radius 1 is 1.53 bits per heavy atom. The molecule has 0 spiro atoms. The molecule has 0 bridgehead atoms. The van der Waals surface area contributed by atoms with Gasteiger partial charge in [0.2, 0.25) is 10.0 Å². The molecule has 0 fully saturated rings. The van der Waals surface area contributed by atoms with Crippen molar-refractivity contribution in [3.8, 4) is 0 Å². The highest BCUT2D eigenvalue weighted by Crippen LogP contribution is 2.20. The van der Waals surface area contributed by atoms with Gasteiger partial charge in [0.15, 0.2) is 16.5 Å². The first-order valence-electron chi connectivity index (χ1n) is 4.56. The molecule has 0 aliphatic carbocycles. The third-order valence-electron chi connectivity index (χ3n) is 1.78. The molecule has 0 aliphatic heterocycles. The van der Waals surface area contributed by atoms with E-state index in [1.165, 1.54) is 6.92 Å². The minimum absolute atomic E-state index is 0.0665. The number of nitrogens with one attached hydrogen (secondary N) is 1. The van der Waals surface area contributed by atoms with Gasteiger partial charge in [0, 0.05) is 6.54 Å². The molecule has 7 heteroatoms. The summed E-state index contributed by atoms with van der Waals surface area (Å²) >= 11 is 0. The number of hydrogen-bond donors (Lipinski definition) is 2. The molecule has 0 aliphatic rings. The normalized spacial score (nSPS) is 12.3. The Morgan fingerprint density at radius 2 is 2.13 bits per heavy atom. The summed E-state index contributed by atoms with van der Waals surface area (Å²) in [5.74, 6) is 0.314. The molecule has 1 rings (SSSR count). The average Bonchev–Trinajstić information content (AvgIpc) is 2.43. The largest absolute Gasteiger partial charge is 0.380 e. The van der Waals surface area contributed by atoms with Gasteiger partial charge in [0.1, 0.15) is 0 Å². The average molecular weight is 233 g/mol. The zero-order valence-corrected chi connectivity index (χ0v) is 9.76. The second kappa shape index (κ2) is 4.19. The number of aromatic nitrogens is 1. The van der Waals surface area contributed by atoms with Crippen molar-refractivity contribution < 1.29 is 12.9 Å². The summed E-state index contributed by atoms with van der Waals surface area (Å²) in [5.41, 5.74) is 5.41. The fourth-order valence-electron chi connectivity index (χ4n) is 1.06. The molecule has 86 valence electrons. The molecule has 0 unspecified atom stereocenters. The molecule has 1 aromatic rings. The lowest BCUT2D eigenvalue weighted by molar-refractivity contribution is 0.396. The predicted molar refractivity (Wildman–Crippen MR) is 55.7 cm³/mol. The van der Waals surface area contributed by atoms with Gasteiger partial charge in [-0.25, -0.2) is 13.1 Å². The molecule has 0 saturated carbocycles. The van der Waals surface area contributed by atoms with Gasteiger partial charge in [-0.1, -0.05) is 19.0 Å². The number of nitrogen functional groups attached to an aromatic ring is 1. The lowest BCUT2D eigenvalue weighted by Crippen LogP contribution is -2.28. The maximum absolute atomic E-state index is 11.7. The van der Waals surface area contributed by atoms with Crippen LogP contribution in [0.2, 0.25) is 0 Å². The van der Waals surface area contributed by atoms with Crippen LogP contribution in [0.4, 0.5) is 5.82 Å². The summed E-state index contributed by atoms with van der Waals surface area (Å²) in [7, 11) is -3.60. The van der Waals surface area contributed by atoms with E-state index in [-0.39, 0.29) is 22.4 Å². The summed E-state index contributed by atoms with van der Waals surface area (Å²) in [6, 6.07) is 0. The molecular weight excluding hydrogens is 218 g/mol. The number of anilines is 1. The monoisotopic (exact) mass is 233 g/mol. The Hall–Kier alpha value is -1.08. The first kappa shape index (κ1) is 12.0. The number of nitrogens with two attached hydrogens (primary N) is 1. The second-order valence-corrected chi connectivity index (χ2v) is 5.40. The van der Waals surface area contributed by atoms with Gasteiger partial charge in [-0.15, -0.1) is 0 Å². The number of sulfonamides is 1. The Balaban J connectivity index is 2.96. The molecule has 0 saturated heterocycles. The molecule has 0 aromatic carbocycles. The van der Waals surface area contributed by atoms with Crippen LogP contribution in [0, 0.1) is 12.8 Å². The molecular formula is C8H15N3O3S. The van der Waals surface area contributed by atoms with Gasteiger partial charge >= 0.3 is 0 Å². The highest BCUT2D eigenvalue weighted by molar-refractivity contribution is 7.89. The molecule has 1 heterocycles. The topological polar surface area (TPSA) is 98.2 Å². The fraction of sp³-hybridized carbons (Fsp3) is 0.625. The van der Waals surface area contributed by atoms with Crippen LogP contribution in [0.3, 0.4) is 0 Å². The van der Waals surface area contributed by atoms with E-state index < -0.39 is 10.0 Å². The summed E-state index contributed by atoms with van der Waals surface area (Å²) < 4.78 is 30.6. The van der Waals surface area contributed by atoms with E-state index in [9.17, 15) is 8.42 Å². The molecule has 3 N–H and O–H groups in total. The first-order valence-corrected chi connectivity index (χ1v) is 6.04. The van der Waals surface area contributed by atoms with Crippen molar-refractivity contribution in [1.82, 2.24) is 9.88 Å².